The second-order valence-corrected chi connectivity index (χ2v) is 9.20. The Bertz CT molecular complexity index is 1260. The van der Waals surface area contributed by atoms with Gasteiger partial charge in [0.2, 0.25) is 5.91 Å². The Labute approximate surface area is 210 Å². The van der Waals surface area contributed by atoms with Gasteiger partial charge in [-0.25, -0.2) is 13.2 Å². The Morgan fingerprint density at radius 2 is 1.83 bits per heavy atom. The number of aryl methyl sites for hydroxylation is 1. The van der Waals surface area contributed by atoms with E-state index in [2.05, 4.69) is 20.9 Å². The average Bonchev–Trinajstić information content (AvgIpc) is 2.82. The number of nitrogens with zero attached hydrogens (tertiary/aromatic N) is 2. The lowest BCUT2D eigenvalue weighted by molar-refractivity contribution is -0.126. The minimum absolute atomic E-state index is 0.187. The number of amides is 1. The average molecular weight is 545 g/mol. The number of hydrogen-bond donors (Lipinski definition) is 0. The summed E-state index contributed by atoms with van der Waals surface area (Å²) in [5, 5.41) is 0. The summed E-state index contributed by atoms with van der Waals surface area (Å²) in [6, 6.07) is 13.4. The minimum atomic E-state index is -0.740. The highest BCUT2D eigenvalue weighted by Crippen LogP contribution is 2.27. The summed E-state index contributed by atoms with van der Waals surface area (Å²) in [7, 11) is 1.59. The van der Waals surface area contributed by atoms with Crippen LogP contribution in [0.15, 0.2) is 64.1 Å². The van der Waals surface area contributed by atoms with Gasteiger partial charge in [-0.2, -0.15) is 0 Å². The zero-order chi connectivity index (χ0) is 24.9. The number of benzene rings is 3. The van der Waals surface area contributed by atoms with E-state index in [4.69, 9.17) is 4.74 Å². The Morgan fingerprint density at radius 3 is 2.57 bits per heavy atom. The third-order valence-corrected chi connectivity index (χ3v) is 6.38. The minimum Gasteiger partial charge on any atom is -0.496 e. The fourth-order valence-corrected chi connectivity index (χ4v) is 4.69. The standard InChI is InChI=1S/C27H24BrF3N2O2/c1-35-25-9-7-19(28)15-18(25)6-8-22-23(4-2-5-24(22)31)27-32-10-3-11-33(27)26(34)14-17-12-20(29)16-21(30)13-17/h2,4-5,7,9,12-13,15-16H,3,6,8,10-11,14H2,1H3. The molecule has 0 bridgehead atoms. The van der Waals surface area contributed by atoms with Crippen molar-refractivity contribution in [3.63, 3.8) is 0 Å². The maximum absolute atomic E-state index is 15.1. The number of rotatable bonds is 7. The molecule has 0 aromatic heterocycles. The number of halogens is 4. The van der Waals surface area contributed by atoms with Crippen molar-refractivity contribution in [2.24, 2.45) is 4.99 Å². The summed E-state index contributed by atoms with van der Waals surface area (Å²) in [5.41, 5.74) is 2.14. The molecule has 1 aliphatic rings. The van der Waals surface area contributed by atoms with E-state index in [1.165, 1.54) is 11.0 Å². The first-order valence-corrected chi connectivity index (χ1v) is 12.0. The SMILES string of the molecule is COc1ccc(Br)cc1CCc1c(F)cccc1C1=NCCCN1C(=O)Cc1cc(F)cc(F)c1. The molecule has 0 atom stereocenters. The van der Waals surface area contributed by atoms with E-state index >= 15 is 4.39 Å². The lowest BCUT2D eigenvalue weighted by atomic mass is 9.97. The van der Waals surface area contributed by atoms with Crippen LogP contribution < -0.4 is 4.74 Å². The number of hydrogen-bond acceptors (Lipinski definition) is 3. The molecular formula is C27H24BrF3N2O2. The first-order chi connectivity index (χ1) is 16.9. The summed E-state index contributed by atoms with van der Waals surface area (Å²) >= 11 is 3.46. The molecule has 0 N–H and O–H groups in total. The molecule has 4 rings (SSSR count). The molecule has 3 aromatic rings. The molecule has 0 fully saturated rings. The molecule has 1 amide bonds. The molecule has 0 aliphatic carbocycles. The van der Waals surface area contributed by atoms with Gasteiger partial charge in [0.1, 0.15) is 29.0 Å². The second kappa shape index (κ2) is 11.1. The third kappa shape index (κ3) is 5.93. The molecule has 0 spiro atoms. The van der Waals surface area contributed by atoms with Gasteiger partial charge in [-0.1, -0.05) is 28.1 Å². The molecule has 4 nitrogen and oxygen atoms in total. The van der Waals surface area contributed by atoms with Crippen LogP contribution in [0.1, 0.15) is 28.7 Å². The molecule has 1 aliphatic heterocycles. The van der Waals surface area contributed by atoms with Crippen molar-refractivity contribution in [3.05, 3.63) is 98.8 Å². The molecule has 182 valence electrons. The van der Waals surface area contributed by atoms with E-state index in [0.717, 1.165) is 28.2 Å². The molecule has 0 unspecified atom stereocenters. The van der Waals surface area contributed by atoms with Crippen LogP contribution in [-0.2, 0) is 24.1 Å². The van der Waals surface area contributed by atoms with Gasteiger partial charge in [0.15, 0.2) is 0 Å². The predicted molar refractivity (Wildman–Crippen MR) is 132 cm³/mol. The number of methoxy groups -OCH3 is 1. The van der Waals surface area contributed by atoms with Crippen LogP contribution in [0.2, 0.25) is 0 Å². The number of aliphatic imine (C=N–C) groups is 1. The van der Waals surface area contributed by atoms with Crippen molar-refractivity contribution in [2.45, 2.75) is 25.7 Å². The molecular weight excluding hydrogens is 521 g/mol. The van der Waals surface area contributed by atoms with Crippen LogP contribution in [0, 0.1) is 17.5 Å². The van der Waals surface area contributed by atoms with Crippen LogP contribution >= 0.6 is 15.9 Å². The fourth-order valence-electron chi connectivity index (χ4n) is 4.29. The van der Waals surface area contributed by atoms with E-state index in [-0.39, 0.29) is 23.7 Å². The van der Waals surface area contributed by atoms with Gasteiger partial charge in [0, 0.05) is 29.2 Å². The van der Waals surface area contributed by atoms with Crippen LogP contribution in [0.3, 0.4) is 0 Å². The maximum Gasteiger partial charge on any atom is 0.232 e. The summed E-state index contributed by atoms with van der Waals surface area (Å²) in [5.74, 6) is -1.12. The van der Waals surface area contributed by atoms with Crippen molar-refractivity contribution < 1.29 is 22.7 Å². The van der Waals surface area contributed by atoms with E-state index in [9.17, 15) is 13.6 Å². The molecule has 0 saturated heterocycles. The quantitative estimate of drug-likeness (QED) is 0.372. The normalized spacial score (nSPS) is 13.5. The number of amidine groups is 1. The highest BCUT2D eigenvalue weighted by atomic mass is 79.9. The molecule has 0 radical (unpaired) electrons. The summed E-state index contributed by atoms with van der Waals surface area (Å²) in [6.07, 6.45) is 1.34. The van der Waals surface area contributed by atoms with Crippen LogP contribution in [0.25, 0.3) is 0 Å². The monoisotopic (exact) mass is 544 g/mol. The van der Waals surface area contributed by atoms with Crippen molar-refractivity contribution in [2.75, 3.05) is 20.2 Å². The first-order valence-electron chi connectivity index (χ1n) is 11.3. The van der Waals surface area contributed by atoms with Gasteiger partial charge in [0.05, 0.1) is 13.5 Å². The summed E-state index contributed by atoms with van der Waals surface area (Å²) in [4.78, 5) is 19.2. The van der Waals surface area contributed by atoms with Gasteiger partial charge >= 0.3 is 0 Å². The lowest BCUT2D eigenvalue weighted by Gasteiger charge is -2.29. The lowest BCUT2D eigenvalue weighted by Crippen LogP contribution is -2.42. The zero-order valence-corrected chi connectivity index (χ0v) is 20.7. The third-order valence-electron chi connectivity index (χ3n) is 5.88. The van der Waals surface area contributed by atoms with Crippen LogP contribution in [0.4, 0.5) is 13.2 Å². The molecule has 0 saturated carbocycles. The van der Waals surface area contributed by atoms with E-state index in [1.807, 2.05) is 18.2 Å². The summed E-state index contributed by atoms with van der Waals surface area (Å²) < 4.78 is 48.6. The largest absolute Gasteiger partial charge is 0.496 e. The Balaban J connectivity index is 1.62. The Kier molecular flexibility index (Phi) is 7.90. The number of carbonyl (C=O) groups is 1. The summed E-state index contributed by atoms with van der Waals surface area (Å²) in [6.45, 7) is 0.897. The predicted octanol–water partition coefficient (Wildman–Crippen LogP) is 5.88. The fraction of sp³-hybridized carbons (Fsp3) is 0.259. The zero-order valence-electron chi connectivity index (χ0n) is 19.2. The second-order valence-electron chi connectivity index (χ2n) is 8.28. The van der Waals surface area contributed by atoms with Crippen LogP contribution in [-0.4, -0.2) is 36.8 Å². The molecule has 8 heteroatoms. The Hall–Kier alpha value is -3.13. The van der Waals surface area contributed by atoms with E-state index in [1.54, 1.807) is 19.2 Å². The highest BCUT2D eigenvalue weighted by Gasteiger charge is 2.26. The van der Waals surface area contributed by atoms with Crippen molar-refractivity contribution >= 4 is 27.7 Å². The molecule has 3 aromatic carbocycles. The Morgan fingerprint density at radius 1 is 1.06 bits per heavy atom. The number of carbonyl (C=O) groups excluding carboxylic acids is 1. The van der Waals surface area contributed by atoms with Crippen LogP contribution in [0.5, 0.6) is 5.75 Å². The van der Waals surface area contributed by atoms with Gasteiger partial charge < -0.3 is 4.74 Å². The van der Waals surface area contributed by atoms with Gasteiger partial charge in [-0.3, -0.25) is 14.7 Å². The smallest absolute Gasteiger partial charge is 0.232 e. The van der Waals surface area contributed by atoms with Gasteiger partial charge in [0.25, 0.3) is 0 Å². The van der Waals surface area contributed by atoms with Crippen molar-refractivity contribution in [1.82, 2.24) is 4.90 Å². The maximum atomic E-state index is 15.1. The van der Waals surface area contributed by atoms with E-state index < -0.39 is 11.6 Å². The molecule has 35 heavy (non-hydrogen) atoms. The van der Waals surface area contributed by atoms with Crippen molar-refractivity contribution in [3.8, 4) is 5.75 Å². The topological polar surface area (TPSA) is 41.9 Å². The van der Waals surface area contributed by atoms with E-state index in [0.29, 0.717) is 55.1 Å². The highest BCUT2D eigenvalue weighted by molar-refractivity contribution is 9.10. The first kappa shape index (κ1) is 25.0. The van der Waals surface area contributed by atoms with Crippen molar-refractivity contribution in [1.29, 1.82) is 0 Å². The molecule has 1 heterocycles. The van der Waals surface area contributed by atoms with Gasteiger partial charge in [-0.05, 0) is 72.4 Å². The van der Waals surface area contributed by atoms with Gasteiger partial charge in [-0.15, -0.1) is 0 Å². The number of ether oxygens (including phenoxy) is 1.